The summed E-state index contributed by atoms with van der Waals surface area (Å²) in [5.74, 6) is -0.340. The summed E-state index contributed by atoms with van der Waals surface area (Å²) in [4.78, 5) is 12.1. The normalized spacial score (nSPS) is 11.5. The average Bonchev–Trinajstić information content (AvgIpc) is 2.56. The Balaban J connectivity index is 1.86. The molecule has 140 valence electrons. The molecule has 26 heavy (non-hydrogen) atoms. The molecule has 0 heterocycles. The van der Waals surface area contributed by atoms with Gasteiger partial charge in [-0.05, 0) is 49.7 Å². The summed E-state index contributed by atoms with van der Waals surface area (Å²) in [6.45, 7) is 3.58. The lowest BCUT2D eigenvalue weighted by atomic mass is 10.2. The van der Waals surface area contributed by atoms with E-state index in [1.54, 1.807) is 19.9 Å². The van der Waals surface area contributed by atoms with Crippen molar-refractivity contribution in [3.63, 3.8) is 0 Å². The number of rotatable bonds is 8. The first-order valence-electron chi connectivity index (χ1n) is 8.01. The maximum atomic E-state index is 12.1. The molecule has 0 aliphatic rings. The van der Waals surface area contributed by atoms with Crippen LogP contribution >= 0.6 is 11.6 Å². The molecule has 2 aromatic rings. The van der Waals surface area contributed by atoms with Crippen molar-refractivity contribution >= 4 is 33.2 Å². The molecule has 0 aromatic heterocycles. The summed E-state index contributed by atoms with van der Waals surface area (Å²) in [5, 5.41) is 3.23. The Morgan fingerprint density at radius 3 is 2.38 bits per heavy atom. The second kappa shape index (κ2) is 9.14. The van der Waals surface area contributed by atoms with Crippen molar-refractivity contribution in [2.45, 2.75) is 31.4 Å². The van der Waals surface area contributed by atoms with E-state index in [0.717, 1.165) is 5.56 Å². The molecule has 0 bridgehead atoms. The quantitative estimate of drug-likeness (QED) is 0.717. The molecule has 0 spiro atoms. The second-order valence-corrected chi connectivity index (χ2v) is 8.05. The van der Waals surface area contributed by atoms with Crippen molar-refractivity contribution in [1.29, 1.82) is 0 Å². The molecule has 0 aliphatic heterocycles. The minimum Gasteiger partial charge on any atom is -0.367 e. The molecule has 0 saturated carbocycles. The highest BCUT2D eigenvalue weighted by Gasteiger charge is 2.15. The number of halogens is 1. The van der Waals surface area contributed by atoms with Gasteiger partial charge in [0.25, 0.3) is 0 Å². The third kappa shape index (κ3) is 6.10. The first kappa shape index (κ1) is 20.4. The van der Waals surface area contributed by atoms with Crippen LogP contribution in [0.25, 0.3) is 0 Å². The molecular weight excluding hydrogens is 376 g/mol. The van der Waals surface area contributed by atoms with Crippen LogP contribution < -0.4 is 10.0 Å². The summed E-state index contributed by atoms with van der Waals surface area (Å²) >= 11 is 6.02. The summed E-state index contributed by atoms with van der Waals surface area (Å²) in [7, 11) is -3.55. The Morgan fingerprint density at radius 1 is 1.12 bits per heavy atom. The van der Waals surface area contributed by atoms with E-state index in [4.69, 9.17) is 16.3 Å². The molecular formula is C18H21ClN2O4S. The topological polar surface area (TPSA) is 84.5 Å². The van der Waals surface area contributed by atoms with Gasteiger partial charge in [0.05, 0.1) is 11.5 Å². The van der Waals surface area contributed by atoms with Gasteiger partial charge >= 0.3 is 0 Å². The number of ether oxygens (including phenoxy) is 1. The SMILES string of the molecule is CC(C)NS(=O)(=O)c1ccc(NC(=O)COCc2ccccc2Cl)cc1. The number of amides is 1. The number of anilines is 1. The van der Waals surface area contributed by atoms with Gasteiger partial charge in [-0.2, -0.15) is 0 Å². The molecule has 8 heteroatoms. The van der Waals surface area contributed by atoms with Crippen molar-refractivity contribution in [3.05, 3.63) is 59.1 Å². The van der Waals surface area contributed by atoms with E-state index >= 15 is 0 Å². The lowest BCUT2D eigenvalue weighted by Gasteiger charge is -2.11. The third-order valence-corrected chi connectivity index (χ3v) is 5.33. The Hall–Kier alpha value is -1.93. The molecule has 2 rings (SSSR count). The lowest BCUT2D eigenvalue weighted by Crippen LogP contribution is -2.30. The van der Waals surface area contributed by atoms with Crippen molar-refractivity contribution < 1.29 is 17.9 Å². The number of carbonyl (C=O) groups is 1. The van der Waals surface area contributed by atoms with Crippen LogP contribution in [0.1, 0.15) is 19.4 Å². The predicted molar refractivity (Wildman–Crippen MR) is 102 cm³/mol. The fraction of sp³-hybridized carbons (Fsp3) is 0.278. The van der Waals surface area contributed by atoms with Crippen LogP contribution in [0.5, 0.6) is 0 Å². The second-order valence-electron chi connectivity index (χ2n) is 5.93. The summed E-state index contributed by atoms with van der Waals surface area (Å²) in [5.41, 5.74) is 1.29. The fourth-order valence-electron chi connectivity index (χ4n) is 2.16. The summed E-state index contributed by atoms with van der Waals surface area (Å²) in [6, 6.07) is 13.0. The number of benzene rings is 2. The third-order valence-electron chi connectivity index (χ3n) is 3.29. The molecule has 0 fully saturated rings. The smallest absolute Gasteiger partial charge is 0.250 e. The number of hydrogen-bond acceptors (Lipinski definition) is 4. The van der Waals surface area contributed by atoms with Gasteiger partial charge in [0.1, 0.15) is 6.61 Å². The van der Waals surface area contributed by atoms with Gasteiger partial charge in [0, 0.05) is 16.8 Å². The van der Waals surface area contributed by atoms with Gasteiger partial charge in [-0.25, -0.2) is 13.1 Å². The predicted octanol–water partition coefficient (Wildman–Crippen LogP) is 3.18. The van der Waals surface area contributed by atoms with Gasteiger partial charge in [0.15, 0.2) is 0 Å². The maximum absolute atomic E-state index is 12.1. The molecule has 0 aliphatic carbocycles. The molecule has 0 unspecified atom stereocenters. The maximum Gasteiger partial charge on any atom is 0.250 e. The van der Waals surface area contributed by atoms with Gasteiger partial charge < -0.3 is 10.1 Å². The summed E-state index contributed by atoms with van der Waals surface area (Å²) in [6.07, 6.45) is 0. The zero-order valence-electron chi connectivity index (χ0n) is 14.5. The Morgan fingerprint density at radius 2 is 1.77 bits per heavy atom. The highest BCUT2D eigenvalue weighted by molar-refractivity contribution is 7.89. The molecule has 0 atom stereocenters. The van der Waals surface area contributed by atoms with E-state index in [1.807, 2.05) is 18.2 Å². The number of carbonyl (C=O) groups excluding carboxylic acids is 1. The summed E-state index contributed by atoms with van der Waals surface area (Å²) < 4.78 is 32.0. The number of hydrogen-bond donors (Lipinski definition) is 2. The molecule has 6 nitrogen and oxygen atoms in total. The highest BCUT2D eigenvalue weighted by atomic mass is 35.5. The van der Waals surface area contributed by atoms with Crippen LogP contribution in [0.4, 0.5) is 5.69 Å². The van der Waals surface area contributed by atoms with Crippen LogP contribution in [0, 0.1) is 0 Å². The standard InChI is InChI=1S/C18H21ClN2O4S/c1-13(2)21-26(23,24)16-9-7-15(8-10-16)20-18(22)12-25-11-14-5-3-4-6-17(14)19/h3-10,13,21H,11-12H2,1-2H3,(H,20,22). The van der Waals surface area contributed by atoms with Crippen molar-refractivity contribution in [2.24, 2.45) is 0 Å². The number of sulfonamides is 1. The molecule has 2 aromatic carbocycles. The Labute approximate surface area is 158 Å². The van der Waals surface area contributed by atoms with Crippen LogP contribution in [-0.4, -0.2) is 27.0 Å². The minimum absolute atomic E-state index is 0.138. The largest absolute Gasteiger partial charge is 0.367 e. The Bertz CT molecular complexity index is 852. The monoisotopic (exact) mass is 396 g/mol. The first-order valence-corrected chi connectivity index (χ1v) is 9.87. The van der Waals surface area contributed by atoms with E-state index in [0.29, 0.717) is 10.7 Å². The van der Waals surface area contributed by atoms with E-state index in [9.17, 15) is 13.2 Å². The van der Waals surface area contributed by atoms with Gasteiger partial charge in [0.2, 0.25) is 15.9 Å². The molecule has 0 saturated heterocycles. The first-order chi connectivity index (χ1) is 12.3. The zero-order valence-corrected chi connectivity index (χ0v) is 16.1. The van der Waals surface area contributed by atoms with Crippen LogP contribution in [0.15, 0.2) is 53.4 Å². The zero-order chi connectivity index (χ0) is 19.2. The van der Waals surface area contributed by atoms with Crippen molar-refractivity contribution in [3.8, 4) is 0 Å². The molecule has 2 N–H and O–H groups in total. The number of nitrogens with one attached hydrogen (secondary N) is 2. The minimum atomic E-state index is -3.55. The van der Waals surface area contributed by atoms with Gasteiger partial charge in [-0.15, -0.1) is 0 Å². The molecule has 1 amide bonds. The highest BCUT2D eigenvalue weighted by Crippen LogP contribution is 2.16. The van der Waals surface area contributed by atoms with Crippen molar-refractivity contribution in [1.82, 2.24) is 4.72 Å². The Kier molecular flexibility index (Phi) is 7.16. The fourth-order valence-corrected chi connectivity index (χ4v) is 3.60. The van der Waals surface area contributed by atoms with Crippen molar-refractivity contribution in [2.75, 3.05) is 11.9 Å². The van der Waals surface area contributed by atoms with E-state index in [-0.39, 0.29) is 30.1 Å². The van der Waals surface area contributed by atoms with E-state index in [1.165, 1.54) is 24.3 Å². The van der Waals surface area contributed by atoms with Crippen LogP contribution in [0.3, 0.4) is 0 Å². The van der Waals surface area contributed by atoms with Gasteiger partial charge in [-0.1, -0.05) is 29.8 Å². The van der Waals surface area contributed by atoms with E-state index < -0.39 is 10.0 Å². The van der Waals surface area contributed by atoms with Gasteiger partial charge in [-0.3, -0.25) is 4.79 Å². The average molecular weight is 397 g/mol. The van der Waals surface area contributed by atoms with E-state index in [2.05, 4.69) is 10.0 Å². The molecule has 0 radical (unpaired) electrons. The van der Waals surface area contributed by atoms with Crippen LogP contribution in [-0.2, 0) is 26.2 Å². The van der Waals surface area contributed by atoms with Crippen LogP contribution in [0.2, 0.25) is 5.02 Å². The lowest BCUT2D eigenvalue weighted by molar-refractivity contribution is -0.121.